The van der Waals surface area contributed by atoms with E-state index in [1.807, 2.05) is 25.1 Å². The van der Waals surface area contributed by atoms with Gasteiger partial charge in [0, 0.05) is 17.3 Å². The van der Waals surface area contributed by atoms with Gasteiger partial charge in [0.15, 0.2) is 11.5 Å². The number of nitrogens with one attached hydrogen (secondary N) is 1. The van der Waals surface area contributed by atoms with Gasteiger partial charge in [-0.05, 0) is 37.6 Å². The van der Waals surface area contributed by atoms with E-state index in [0.29, 0.717) is 41.8 Å². The first-order valence-corrected chi connectivity index (χ1v) is 8.36. The largest absolute Gasteiger partial charge is 0.486 e. The van der Waals surface area contributed by atoms with Crippen molar-refractivity contribution in [3.8, 4) is 22.9 Å². The van der Waals surface area contributed by atoms with Crippen molar-refractivity contribution in [2.75, 3.05) is 18.5 Å². The number of ether oxygens (including phenoxy) is 2. The molecular formula is C19H18FN3O3. The molecule has 0 saturated heterocycles. The van der Waals surface area contributed by atoms with Crippen molar-refractivity contribution in [2.45, 2.75) is 19.9 Å². The molecule has 1 unspecified atom stereocenters. The maximum atomic E-state index is 13.7. The number of hydrogen-bond donors (Lipinski definition) is 1. The standard InChI is InChI=1S/C19H18FN3O3/c1-11-3-4-13(9-15(11)20)18-22-19(26-23-18)12(2)21-14-5-6-16-17(10-14)25-8-7-24-16/h3-6,9-10,12,21H,7-8H2,1-2H3. The molecule has 0 fully saturated rings. The molecule has 1 N–H and O–H groups in total. The van der Waals surface area contributed by atoms with Crippen molar-refractivity contribution in [2.24, 2.45) is 0 Å². The molecule has 1 aromatic heterocycles. The van der Waals surface area contributed by atoms with Crippen LogP contribution in [0.25, 0.3) is 11.4 Å². The Bertz CT molecular complexity index is 942. The van der Waals surface area contributed by atoms with Gasteiger partial charge in [-0.3, -0.25) is 0 Å². The summed E-state index contributed by atoms with van der Waals surface area (Å²) in [6.45, 7) is 4.70. The second-order valence-corrected chi connectivity index (χ2v) is 6.14. The van der Waals surface area contributed by atoms with Crippen LogP contribution in [-0.4, -0.2) is 23.4 Å². The van der Waals surface area contributed by atoms with Crippen LogP contribution in [0.4, 0.5) is 10.1 Å². The highest BCUT2D eigenvalue weighted by atomic mass is 19.1. The van der Waals surface area contributed by atoms with E-state index in [9.17, 15) is 4.39 Å². The van der Waals surface area contributed by atoms with E-state index in [0.717, 1.165) is 11.4 Å². The second kappa shape index (κ2) is 6.67. The van der Waals surface area contributed by atoms with Crippen molar-refractivity contribution in [3.05, 3.63) is 53.7 Å². The molecule has 1 atom stereocenters. The van der Waals surface area contributed by atoms with Gasteiger partial charge in [-0.2, -0.15) is 4.98 Å². The quantitative estimate of drug-likeness (QED) is 0.759. The number of aryl methyl sites for hydroxylation is 1. The molecule has 0 radical (unpaired) electrons. The molecule has 0 amide bonds. The molecule has 3 aromatic rings. The maximum Gasteiger partial charge on any atom is 0.249 e. The molecule has 7 heteroatoms. The normalized spacial score (nSPS) is 14.1. The molecule has 134 valence electrons. The van der Waals surface area contributed by atoms with Gasteiger partial charge >= 0.3 is 0 Å². The van der Waals surface area contributed by atoms with Crippen LogP contribution >= 0.6 is 0 Å². The summed E-state index contributed by atoms with van der Waals surface area (Å²) in [6, 6.07) is 10.3. The molecule has 1 aliphatic rings. The smallest absolute Gasteiger partial charge is 0.249 e. The molecule has 2 aromatic carbocycles. The highest BCUT2D eigenvalue weighted by Gasteiger charge is 2.17. The molecular weight excluding hydrogens is 337 g/mol. The minimum atomic E-state index is -0.295. The third kappa shape index (κ3) is 3.20. The van der Waals surface area contributed by atoms with E-state index in [-0.39, 0.29) is 11.9 Å². The van der Waals surface area contributed by atoms with Crippen molar-refractivity contribution in [1.29, 1.82) is 0 Å². The summed E-state index contributed by atoms with van der Waals surface area (Å²) < 4.78 is 30.2. The number of anilines is 1. The first-order valence-electron chi connectivity index (χ1n) is 8.36. The molecule has 0 saturated carbocycles. The van der Waals surface area contributed by atoms with E-state index in [4.69, 9.17) is 14.0 Å². The van der Waals surface area contributed by atoms with Gasteiger partial charge in [0.05, 0.1) is 0 Å². The van der Waals surface area contributed by atoms with Crippen molar-refractivity contribution in [1.82, 2.24) is 10.1 Å². The van der Waals surface area contributed by atoms with Gasteiger partial charge < -0.3 is 19.3 Å². The van der Waals surface area contributed by atoms with Crippen LogP contribution in [-0.2, 0) is 0 Å². The lowest BCUT2D eigenvalue weighted by Gasteiger charge is -2.20. The van der Waals surface area contributed by atoms with E-state index >= 15 is 0 Å². The topological polar surface area (TPSA) is 69.4 Å². The average molecular weight is 355 g/mol. The number of nitrogens with zero attached hydrogens (tertiary/aromatic N) is 2. The summed E-state index contributed by atoms with van der Waals surface area (Å²) in [5.41, 5.74) is 2.00. The number of hydrogen-bond acceptors (Lipinski definition) is 6. The van der Waals surface area contributed by atoms with Crippen molar-refractivity contribution < 1.29 is 18.4 Å². The Kier molecular flexibility index (Phi) is 4.20. The van der Waals surface area contributed by atoms with Gasteiger partial charge in [0.2, 0.25) is 11.7 Å². The Morgan fingerprint density at radius 2 is 1.88 bits per heavy atom. The fourth-order valence-corrected chi connectivity index (χ4v) is 2.71. The minimum Gasteiger partial charge on any atom is -0.486 e. The molecule has 0 bridgehead atoms. The minimum absolute atomic E-state index is 0.228. The van der Waals surface area contributed by atoms with Crippen LogP contribution in [0.2, 0.25) is 0 Å². The predicted octanol–water partition coefficient (Wildman–Crippen LogP) is 4.13. The highest BCUT2D eigenvalue weighted by molar-refractivity contribution is 5.57. The molecule has 4 rings (SSSR count). The van der Waals surface area contributed by atoms with E-state index in [1.165, 1.54) is 6.07 Å². The number of fused-ring (bicyclic) bond motifs is 1. The van der Waals surface area contributed by atoms with Crippen LogP contribution in [0.3, 0.4) is 0 Å². The van der Waals surface area contributed by atoms with Crippen molar-refractivity contribution >= 4 is 5.69 Å². The summed E-state index contributed by atoms with van der Waals surface area (Å²) in [5.74, 6) is 1.91. The molecule has 0 spiro atoms. The fourth-order valence-electron chi connectivity index (χ4n) is 2.71. The predicted molar refractivity (Wildman–Crippen MR) is 93.9 cm³/mol. The van der Waals surface area contributed by atoms with Crippen LogP contribution in [0, 0.1) is 12.7 Å². The van der Waals surface area contributed by atoms with Crippen molar-refractivity contribution in [3.63, 3.8) is 0 Å². The average Bonchev–Trinajstić information content (AvgIpc) is 3.14. The zero-order chi connectivity index (χ0) is 18.1. The van der Waals surface area contributed by atoms with Crippen LogP contribution in [0.5, 0.6) is 11.5 Å². The zero-order valence-corrected chi connectivity index (χ0v) is 14.5. The number of halogens is 1. The molecule has 2 heterocycles. The summed E-state index contributed by atoms with van der Waals surface area (Å²) in [5, 5.41) is 7.24. The molecule has 0 aliphatic carbocycles. The molecule has 26 heavy (non-hydrogen) atoms. The summed E-state index contributed by atoms with van der Waals surface area (Å²) in [4.78, 5) is 4.37. The third-order valence-electron chi connectivity index (χ3n) is 4.17. The fraction of sp³-hybridized carbons (Fsp3) is 0.263. The summed E-state index contributed by atoms with van der Waals surface area (Å²) in [7, 11) is 0. The first kappa shape index (κ1) is 16.4. The van der Waals surface area contributed by atoms with Gasteiger partial charge in [-0.25, -0.2) is 4.39 Å². The lowest BCUT2D eigenvalue weighted by atomic mass is 10.1. The SMILES string of the molecule is Cc1ccc(-c2noc(C(C)Nc3ccc4c(c3)OCCO4)n2)cc1F. The monoisotopic (exact) mass is 355 g/mol. The van der Waals surface area contributed by atoms with Crippen LogP contribution in [0.1, 0.15) is 24.4 Å². The lowest BCUT2D eigenvalue weighted by Crippen LogP contribution is -2.15. The maximum absolute atomic E-state index is 13.7. The number of aromatic nitrogens is 2. The molecule has 1 aliphatic heterocycles. The van der Waals surface area contributed by atoms with Crippen LogP contribution in [0.15, 0.2) is 40.9 Å². The Hall–Kier alpha value is -3.09. The summed E-state index contributed by atoms with van der Waals surface area (Å²) in [6.07, 6.45) is 0. The van der Waals surface area contributed by atoms with Gasteiger partial charge in [0.1, 0.15) is 25.1 Å². The summed E-state index contributed by atoms with van der Waals surface area (Å²) >= 11 is 0. The molecule has 6 nitrogen and oxygen atoms in total. The van der Waals surface area contributed by atoms with Gasteiger partial charge in [-0.1, -0.05) is 17.3 Å². The Balaban J connectivity index is 1.51. The van der Waals surface area contributed by atoms with E-state index in [1.54, 1.807) is 19.1 Å². The van der Waals surface area contributed by atoms with E-state index in [2.05, 4.69) is 15.5 Å². The van der Waals surface area contributed by atoms with Crippen LogP contribution < -0.4 is 14.8 Å². The zero-order valence-electron chi connectivity index (χ0n) is 14.5. The first-order chi connectivity index (χ1) is 12.6. The number of rotatable bonds is 4. The van der Waals surface area contributed by atoms with Gasteiger partial charge in [-0.15, -0.1) is 0 Å². The highest BCUT2D eigenvalue weighted by Crippen LogP contribution is 2.33. The Morgan fingerprint density at radius 3 is 2.69 bits per heavy atom. The Morgan fingerprint density at radius 1 is 1.08 bits per heavy atom. The van der Waals surface area contributed by atoms with Gasteiger partial charge in [0.25, 0.3) is 0 Å². The lowest BCUT2D eigenvalue weighted by molar-refractivity contribution is 0.171. The second-order valence-electron chi connectivity index (χ2n) is 6.14. The Labute approximate surface area is 149 Å². The van der Waals surface area contributed by atoms with E-state index < -0.39 is 0 Å². The third-order valence-corrected chi connectivity index (χ3v) is 4.17. The number of benzene rings is 2.